The van der Waals surface area contributed by atoms with E-state index in [9.17, 15) is 40.2 Å². The van der Waals surface area contributed by atoms with E-state index in [1.165, 1.54) is 0 Å². The number of rotatable bonds is 14. The number of aliphatic hydroxyl groups excluding tert-OH is 8. The smallest absolute Gasteiger partial charge is 0.220 e. The van der Waals surface area contributed by atoms with Crippen molar-refractivity contribution in [1.29, 1.82) is 0 Å². The van der Waals surface area contributed by atoms with Gasteiger partial charge in [0.1, 0.15) is 48.8 Å². The van der Waals surface area contributed by atoms with E-state index in [0.717, 1.165) is 0 Å². The quantitative estimate of drug-likeness (QED) is 0.0917. The lowest BCUT2D eigenvalue weighted by Gasteiger charge is -2.39. The SMILES string of the molecule is O=C(CCCC(=O)NCCO[C@H]1O[C@H](CO)[C@@H](O)[C@H](O)[C@@H]1O)NCCO[C@H]1O[C@H](CO)[C@@H](O)[C@H](O)[C@@H]1O. The lowest BCUT2D eigenvalue weighted by Crippen LogP contribution is -2.59. The summed E-state index contributed by atoms with van der Waals surface area (Å²) in [6.07, 6.45) is -13.6. The van der Waals surface area contributed by atoms with E-state index in [1.54, 1.807) is 0 Å². The highest BCUT2D eigenvalue weighted by Gasteiger charge is 2.45. The first-order valence-electron chi connectivity index (χ1n) is 12.0. The predicted molar refractivity (Wildman–Crippen MR) is 119 cm³/mol. The van der Waals surface area contributed by atoms with E-state index in [2.05, 4.69) is 10.6 Å². The van der Waals surface area contributed by atoms with Gasteiger partial charge in [0.05, 0.1) is 26.4 Å². The monoisotopic (exact) mass is 542 g/mol. The average Bonchev–Trinajstić information content (AvgIpc) is 2.88. The van der Waals surface area contributed by atoms with Crippen molar-refractivity contribution in [1.82, 2.24) is 10.6 Å². The van der Waals surface area contributed by atoms with Crippen molar-refractivity contribution in [2.24, 2.45) is 0 Å². The van der Waals surface area contributed by atoms with E-state index in [0.29, 0.717) is 0 Å². The van der Waals surface area contributed by atoms with Gasteiger partial charge in [0.25, 0.3) is 0 Å². The molecule has 0 aliphatic carbocycles. The van der Waals surface area contributed by atoms with Gasteiger partial charge in [0.15, 0.2) is 12.6 Å². The minimum atomic E-state index is -1.56. The van der Waals surface area contributed by atoms with Gasteiger partial charge in [-0.2, -0.15) is 0 Å². The largest absolute Gasteiger partial charge is 0.394 e. The van der Waals surface area contributed by atoms with Crippen molar-refractivity contribution in [3.05, 3.63) is 0 Å². The van der Waals surface area contributed by atoms with Crippen molar-refractivity contribution in [2.75, 3.05) is 39.5 Å². The first-order valence-corrected chi connectivity index (χ1v) is 12.0. The van der Waals surface area contributed by atoms with Crippen LogP contribution in [-0.4, -0.2) is 154 Å². The summed E-state index contributed by atoms with van der Waals surface area (Å²) in [6, 6.07) is 0. The molecule has 37 heavy (non-hydrogen) atoms. The Morgan fingerprint density at radius 2 is 1.00 bits per heavy atom. The minimum Gasteiger partial charge on any atom is -0.394 e. The third kappa shape index (κ3) is 9.31. The van der Waals surface area contributed by atoms with Crippen LogP contribution in [0.15, 0.2) is 0 Å². The molecule has 2 aliphatic rings. The highest BCUT2D eigenvalue weighted by molar-refractivity contribution is 5.78. The molecule has 0 unspecified atom stereocenters. The van der Waals surface area contributed by atoms with E-state index in [1.807, 2.05) is 0 Å². The van der Waals surface area contributed by atoms with Gasteiger partial charge in [-0.15, -0.1) is 0 Å². The summed E-state index contributed by atoms with van der Waals surface area (Å²) in [5.41, 5.74) is 0. The van der Waals surface area contributed by atoms with Crippen molar-refractivity contribution in [3.8, 4) is 0 Å². The van der Waals surface area contributed by atoms with Gasteiger partial charge in [-0.1, -0.05) is 0 Å². The molecule has 216 valence electrons. The Bertz CT molecular complexity index is 642. The van der Waals surface area contributed by atoms with Gasteiger partial charge >= 0.3 is 0 Å². The summed E-state index contributed by atoms with van der Waals surface area (Å²) >= 11 is 0. The molecule has 0 aromatic rings. The molecule has 2 fully saturated rings. The molecule has 10 N–H and O–H groups in total. The van der Waals surface area contributed by atoms with Gasteiger partial charge in [0, 0.05) is 25.9 Å². The number of ether oxygens (including phenoxy) is 4. The number of carbonyl (C=O) groups excluding carboxylic acids is 2. The summed E-state index contributed by atoms with van der Waals surface area (Å²) < 4.78 is 20.9. The summed E-state index contributed by atoms with van der Waals surface area (Å²) in [6.45, 7) is -1.22. The molecule has 0 bridgehead atoms. The number of hydrogen-bond donors (Lipinski definition) is 10. The van der Waals surface area contributed by atoms with Crippen molar-refractivity contribution < 1.29 is 69.4 Å². The van der Waals surface area contributed by atoms with E-state index < -0.39 is 74.6 Å². The van der Waals surface area contributed by atoms with Gasteiger partial charge in [-0.3, -0.25) is 9.59 Å². The Labute approximate surface area is 212 Å². The minimum absolute atomic E-state index is 0.0504. The Morgan fingerprint density at radius 1 is 0.622 bits per heavy atom. The maximum Gasteiger partial charge on any atom is 0.220 e. The van der Waals surface area contributed by atoms with Crippen LogP contribution in [-0.2, 0) is 28.5 Å². The number of hydrogen-bond acceptors (Lipinski definition) is 14. The van der Waals surface area contributed by atoms with Crippen LogP contribution < -0.4 is 10.6 Å². The van der Waals surface area contributed by atoms with Crippen LogP contribution in [0.2, 0.25) is 0 Å². The molecule has 0 spiro atoms. The molecule has 2 heterocycles. The fourth-order valence-corrected chi connectivity index (χ4v) is 3.73. The highest BCUT2D eigenvalue weighted by atomic mass is 16.7. The average molecular weight is 543 g/mol. The van der Waals surface area contributed by atoms with Gasteiger partial charge in [0.2, 0.25) is 11.8 Å². The first kappa shape index (κ1) is 31.7. The molecule has 10 atom stereocenters. The summed E-state index contributed by atoms with van der Waals surface area (Å²) in [5.74, 6) is -0.702. The zero-order valence-electron chi connectivity index (χ0n) is 20.2. The molecular weight excluding hydrogens is 504 g/mol. The van der Waals surface area contributed by atoms with Crippen molar-refractivity contribution in [3.63, 3.8) is 0 Å². The third-order valence-electron chi connectivity index (χ3n) is 5.92. The fraction of sp³-hybridized carbons (Fsp3) is 0.905. The van der Waals surface area contributed by atoms with Gasteiger partial charge in [-0.25, -0.2) is 0 Å². The maximum atomic E-state index is 11.9. The van der Waals surface area contributed by atoms with E-state index in [4.69, 9.17) is 29.2 Å². The van der Waals surface area contributed by atoms with Crippen LogP contribution >= 0.6 is 0 Å². The zero-order chi connectivity index (χ0) is 27.5. The van der Waals surface area contributed by atoms with Crippen LogP contribution in [0.4, 0.5) is 0 Å². The maximum absolute atomic E-state index is 11.9. The number of amides is 2. The molecule has 16 heteroatoms. The Hall–Kier alpha value is -1.54. The summed E-state index contributed by atoms with van der Waals surface area (Å²) in [5, 5.41) is 82.0. The van der Waals surface area contributed by atoms with Crippen LogP contribution in [0, 0.1) is 0 Å². The van der Waals surface area contributed by atoms with E-state index >= 15 is 0 Å². The molecule has 2 rings (SSSR count). The van der Waals surface area contributed by atoms with Crippen molar-refractivity contribution >= 4 is 11.8 Å². The van der Waals surface area contributed by atoms with Gasteiger partial charge in [-0.05, 0) is 6.42 Å². The Balaban J connectivity index is 1.53. The molecule has 16 nitrogen and oxygen atoms in total. The third-order valence-corrected chi connectivity index (χ3v) is 5.92. The first-order chi connectivity index (χ1) is 17.6. The fourth-order valence-electron chi connectivity index (χ4n) is 3.73. The molecular formula is C21H38N2O14. The second-order valence-corrected chi connectivity index (χ2v) is 8.69. The Morgan fingerprint density at radius 3 is 1.35 bits per heavy atom. The highest BCUT2D eigenvalue weighted by Crippen LogP contribution is 2.22. The standard InChI is InChI=1S/C21H38N2O14/c24-8-10-14(28)16(30)18(32)20(36-10)34-6-4-22-12(26)2-1-3-13(27)23-5-7-35-21-19(33)17(31)15(29)11(9-25)37-21/h10-11,14-21,24-25,28-33H,1-9H2,(H,22,26)(H,23,27)/t10-,11-,14-,15-,16+,17+,18+,19+,20+,21+/m1/s1. The molecule has 2 amide bonds. The van der Waals surface area contributed by atoms with Crippen molar-refractivity contribution in [2.45, 2.75) is 80.7 Å². The lowest BCUT2D eigenvalue weighted by molar-refractivity contribution is -0.300. The van der Waals surface area contributed by atoms with Crippen LogP contribution in [0.5, 0.6) is 0 Å². The second-order valence-electron chi connectivity index (χ2n) is 8.69. The number of aliphatic hydroxyl groups is 8. The molecule has 0 aromatic heterocycles. The molecule has 0 aromatic carbocycles. The zero-order valence-corrected chi connectivity index (χ0v) is 20.2. The van der Waals surface area contributed by atoms with Crippen LogP contribution in [0.25, 0.3) is 0 Å². The topological polar surface area (TPSA) is 257 Å². The number of nitrogens with one attached hydrogen (secondary N) is 2. The Kier molecular flexibility index (Phi) is 13.5. The normalized spacial score (nSPS) is 36.2. The second kappa shape index (κ2) is 15.8. The summed E-state index contributed by atoms with van der Waals surface area (Å²) in [4.78, 5) is 23.8. The summed E-state index contributed by atoms with van der Waals surface area (Å²) in [7, 11) is 0. The molecule has 2 saturated heterocycles. The van der Waals surface area contributed by atoms with Crippen LogP contribution in [0.3, 0.4) is 0 Å². The van der Waals surface area contributed by atoms with Gasteiger partial charge < -0.3 is 70.4 Å². The molecule has 0 saturated carbocycles. The predicted octanol–water partition coefficient (Wildman–Crippen LogP) is -5.98. The molecule has 2 aliphatic heterocycles. The number of carbonyl (C=O) groups is 2. The van der Waals surface area contributed by atoms with E-state index in [-0.39, 0.29) is 57.4 Å². The van der Waals surface area contributed by atoms with Crippen LogP contribution in [0.1, 0.15) is 19.3 Å². The lowest BCUT2D eigenvalue weighted by atomic mass is 9.99. The molecule has 0 radical (unpaired) electrons.